The van der Waals surface area contributed by atoms with E-state index >= 15 is 0 Å². The Morgan fingerprint density at radius 2 is 2.27 bits per heavy atom. The van der Waals surface area contributed by atoms with Crippen molar-refractivity contribution in [2.75, 3.05) is 13.1 Å². The minimum atomic E-state index is -0.452. The van der Waals surface area contributed by atoms with Gasteiger partial charge in [0, 0.05) is 18.5 Å². The summed E-state index contributed by atoms with van der Waals surface area (Å²) in [6, 6.07) is 7.04. The highest BCUT2D eigenvalue weighted by Crippen LogP contribution is 2.22. The van der Waals surface area contributed by atoms with Crippen molar-refractivity contribution < 1.29 is 9.59 Å². The Bertz CT molecular complexity index is 524. The second-order valence-corrected chi connectivity index (χ2v) is 6.13. The topological polar surface area (TPSA) is 84.2 Å². The Morgan fingerprint density at radius 1 is 1.45 bits per heavy atom. The molecule has 0 bridgehead atoms. The minimum absolute atomic E-state index is 0.0579. The lowest BCUT2D eigenvalue weighted by molar-refractivity contribution is -0.122. The van der Waals surface area contributed by atoms with Crippen LogP contribution in [0.2, 0.25) is 0 Å². The van der Waals surface area contributed by atoms with E-state index in [2.05, 4.69) is 17.6 Å². The van der Waals surface area contributed by atoms with E-state index in [1.54, 1.807) is 18.2 Å². The molecule has 1 fully saturated rings. The molecule has 4 N–H and O–H groups in total. The third kappa shape index (κ3) is 4.84. The quantitative estimate of drug-likeness (QED) is 0.743. The second-order valence-electron chi connectivity index (χ2n) is 6.13. The van der Waals surface area contributed by atoms with Gasteiger partial charge < -0.3 is 16.4 Å². The molecule has 1 aromatic rings. The van der Waals surface area contributed by atoms with Crippen molar-refractivity contribution in [3.8, 4) is 0 Å². The van der Waals surface area contributed by atoms with Crippen LogP contribution in [0.5, 0.6) is 0 Å². The molecule has 1 aliphatic heterocycles. The molecule has 0 saturated carbocycles. The summed E-state index contributed by atoms with van der Waals surface area (Å²) in [7, 11) is 0. The fraction of sp³-hybridized carbons (Fsp3) is 0.529. The first-order chi connectivity index (χ1) is 10.6. The van der Waals surface area contributed by atoms with E-state index in [0.29, 0.717) is 30.4 Å². The van der Waals surface area contributed by atoms with E-state index < -0.39 is 5.91 Å². The van der Waals surface area contributed by atoms with E-state index in [-0.39, 0.29) is 5.91 Å². The fourth-order valence-electron chi connectivity index (χ4n) is 2.93. The standard InChI is InChI=1S/C17H25N3O2/c1-12(15-6-3-7-19-11-15)8-16(21)20-10-13-4-2-5-14(9-13)17(18)22/h2,4-5,9,12,15,19H,3,6-8,10-11H2,1H3,(H2,18,22)(H,20,21). The van der Waals surface area contributed by atoms with Gasteiger partial charge in [-0.1, -0.05) is 19.1 Å². The predicted octanol–water partition coefficient (Wildman–Crippen LogP) is 1.43. The SMILES string of the molecule is CC(CC(=O)NCc1cccc(C(N)=O)c1)C1CCCNC1. The van der Waals surface area contributed by atoms with Crippen LogP contribution in [-0.4, -0.2) is 24.9 Å². The van der Waals surface area contributed by atoms with Gasteiger partial charge in [-0.2, -0.15) is 0 Å². The molecule has 2 amide bonds. The number of piperidine rings is 1. The number of amides is 2. The van der Waals surface area contributed by atoms with Gasteiger partial charge in [-0.25, -0.2) is 0 Å². The number of benzene rings is 1. The van der Waals surface area contributed by atoms with E-state index in [4.69, 9.17) is 5.73 Å². The molecule has 0 aromatic heterocycles. The molecule has 5 heteroatoms. The predicted molar refractivity (Wildman–Crippen MR) is 86.2 cm³/mol. The largest absolute Gasteiger partial charge is 0.366 e. The fourth-order valence-corrected chi connectivity index (χ4v) is 2.93. The molecule has 120 valence electrons. The Kier molecular flexibility index (Phi) is 5.95. The van der Waals surface area contributed by atoms with Gasteiger partial charge in [0.05, 0.1) is 0 Å². The molecule has 1 aliphatic rings. The van der Waals surface area contributed by atoms with Gasteiger partial charge in [0.15, 0.2) is 0 Å². The lowest BCUT2D eigenvalue weighted by atomic mass is 9.85. The molecule has 1 saturated heterocycles. The maximum Gasteiger partial charge on any atom is 0.248 e. The zero-order chi connectivity index (χ0) is 15.9. The van der Waals surface area contributed by atoms with E-state index in [0.717, 1.165) is 18.7 Å². The van der Waals surface area contributed by atoms with Crippen LogP contribution < -0.4 is 16.4 Å². The van der Waals surface area contributed by atoms with E-state index in [1.165, 1.54) is 12.8 Å². The third-order valence-electron chi connectivity index (χ3n) is 4.35. The summed E-state index contributed by atoms with van der Waals surface area (Å²) in [5.74, 6) is 0.566. The van der Waals surface area contributed by atoms with Crippen LogP contribution in [0.15, 0.2) is 24.3 Å². The average Bonchev–Trinajstić information content (AvgIpc) is 2.54. The van der Waals surface area contributed by atoms with Gasteiger partial charge in [0.1, 0.15) is 0 Å². The Balaban J connectivity index is 1.79. The molecule has 2 rings (SSSR count). The highest BCUT2D eigenvalue weighted by Gasteiger charge is 2.21. The van der Waals surface area contributed by atoms with Crippen LogP contribution in [0.25, 0.3) is 0 Å². The summed E-state index contributed by atoms with van der Waals surface area (Å²) in [5, 5.41) is 6.31. The molecule has 0 radical (unpaired) electrons. The van der Waals surface area contributed by atoms with E-state index in [9.17, 15) is 9.59 Å². The van der Waals surface area contributed by atoms with Gasteiger partial charge in [-0.15, -0.1) is 0 Å². The summed E-state index contributed by atoms with van der Waals surface area (Å²) in [6.45, 7) is 4.67. The summed E-state index contributed by atoms with van der Waals surface area (Å²) in [4.78, 5) is 23.2. The van der Waals surface area contributed by atoms with Crippen LogP contribution >= 0.6 is 0 Å². The van der Waals surface area contributed by atoms with Gasteiger partial charge in [0.2, 0.25) is 11.8 Å². The first-order valence-corrected chi connectivity index (χ1v) is 7.92. The van der Waals surface area contributed by atoms with Gasteiger partial charge in [-0.3, -0.25) is 9.59 Å². The maximum atomic E-state index is 12.1. The molecule has 1 heterocycles. The summed E-state index contributed by atoms with van der Waals surface area (Å²) in [5.41, 5.74) is 6.61. The van der Waals surface area contributed by atoms with Crippen molar-refractivity contribution >= 4 is 11.8 Å². The van der Waals surface area contributed by atoms with E-state index in [1.807, 2.05) is 6.07 Å². The molecule has 5 nitrogen and oxygen atoms in total. The first-order valence-electron chi connectivity index (χ1n) is 7.92. The summed E-state index contributed by atoms with van der Waals surface area (Å²) in [6.07, 6.45) is 2.93. The molecular formula is C17H25N3O2. The van der Waals surface area contributed by atoms with Crippen molar-refractivity contribution in [3.05, 3.63) is 35.4 Å². The lowest BCUT2D eigenvalue weighted by Crippen LogP contribution is -2.35. The highest BCUT2D eigenvalue weighted by molar-refractivity contribution is 5.92. The molecular weight excluding hydrogens is 278 g/mol. The third-order valence-corrected chi connectivity index (χ3v) is 4.35. The van der Waals surface area contributed by atoms with Crippen LogP contribution in [0.1, 0.15) is 42.1 Å². The van der Waals surface area contributed by atoms with Gasteiger partial charge in [-0.05, 0) is 55.5 Å². The number of carbonyl (C=O) groups excluding carboxylic acids is 2. The number of hydrogen-bond acceptors (Lipinski definition) is 3. The number of carbonyl (C=O) groups is 2. The summed E-state index contributed by atoms with van der Waals surface area (Å²) < 4.78 is 0. The minimum Gasteiger partial charge on any atom is -0.366 e. The van der Waals surface area contributed by atoms with Gasteiger partial charge >= 0.3 is 0 Å². The van der Waals surface area contributed by atoms with Crippen LogP contribution in [-0.2, 0) is 11.3 Å². The molecule has 0 spiro atoms. The first kappa shape index (κ1) is 16.5. The van der Waals surface area contributed by atoms with Crippen molar-refractivity contribution in [2.45, 2.75) is 32.7 Å². The second kappa shape index (κ2) is 7.94. The molecule has 2 atom stereocenters. The zero-order valence-electron chi connectivity index (χ0n) is 13.1. The maximum absolute atomic E-state index is 12.1. The molecule has 22 heavy (non-hydrogen) atoms. The van der Waals surface area contributed by atoms with Crippen molar-refractivity contribution in [1.29, 1.82) is 0 Å². The highest BCUT2D eigenvalue weighted by atomic mass is 16.1. The molecule has 0 aliphatic carbocycles. The van der Waals surface area contributed by atoms with Crippen LogP contribution in [0.3, 0.4) is 0 Å². The monoisotopic (exact) mass is 303 g/mol. The van der Waals surface area contributed by atoms with Crippen LogP contribution in [0.4, 0.5) is 0 Å². The number of nitrogens with one attached hydrogen (secondary N) is 2. The Labute approximate surface area is 131 Å². The van der Waals surface area contributed by atoms with Crippen molar-refractivity contribution in [2.24, 2.45) is 17.6 Å². The molecule has 2 unspecified atom stereocenters. The number of hydrogen-bond donors (Lipinski definition) is 3. The Hall–Kier alpha value is -1.88. The van der Waals surface area contributed by atoms with Gasteiger partial charge in [0.25, 0.3) is 0 Å². The summed E-state index contributed by atoms with van der Waals surface area (Å²) >= 11 is 0. The lowest BCUT2D eigenvalue weighted by Gasteiger charge is -2.28. The Morgan fingerprint density at radius 3 is 2.95 bits per heavy atom. The van der Waals surface area contributed by atoms with Crippen molar-refractivity contribution in [1.82, 2.24) is 10.6 Å². The number of primary amides is 1. The molecule has 1 aromatic carbocycles. The number of rotatable bonds is 6. The van der Waals surface area contributed by atoms with Crippen LogP contribution in [0, 0.1) is 11.8 Å². The zero-order valence-corrected chi connectivity index (χ0v) is 13.1. The number of nitrogens with two attached hydrogens (primary N) is 1. The smallest absolute Gasteiger partial charge is 0.248 e. The average molecular weight is 303 g/mol. The van der Waals surface area contributed by atoms with Crippen molar-refractivity contribution in [3.63, 3.8) is 0 Å². The normalized spacial score (nSPS) is 19.4.